The number of rotatable bonds is 7. The van der Waals surface area contributed by atoms with Crippen molar-refractivity contribution in [1.82, 2.24) is 9.97 Å². The normalized spacial score (nSPS) is 15.4. The van der Waals surface area contributed by atoms with Crippen LogP contribution in [-0.4, -0.2) is 37.3 Å². The lowest BCUT2D eigenvalue weighted by molar-refractivity contribution is 0.232. The molecule has 2 aliphatic rings. The molecule has 1 spiro atoms. The maximum absolute atomic E-state index is 6.60. The van der Waals surface area contributed by atoms with E-state index in [4.69, 9.17) is 42.6 Å². The summed E-state index contributed by atoms with van der Waals surface area (Å²) in [6.45, 7) is 2.45. The van der Waals surface area contributed by atoms with Crippen LogP contribution >= 0.6 is 23.2 Å². The molecule has 1 aliphatic heterocycles. The molecule has 44 heavy (non-hydrogen) atoms. The SMILES string of the molecule is COc1ccc(CNc2nc(N3CCC4(CC3)Cc3ccccc3C4)cc3ncc(-c4cccc(Cl)c4Cl)cc23)c(OC)c1. The summed E-state index contributed by atoms with van der Waals surface area (Å²) in [5, 5.41) is 5.53. The third-order valence-corrected chi connectivity index (χ3v) is 10.1. The molecule has 224 valence electrons. The van der Waals surface area contributed by atoms with Gasteiger partial charge in [0, 0.05) is 60.0 Å². The maximum Gasteiger partial charge on any atom is 0.138 e. The van der Waals surface area contributed by atoms with Gasteiger partial charge in [-0.2, -0.15) is 0 Å². The number of nitrogens with one attached hydrogen (secondary N) is 1. The second-order valence-corrected chi connectivity index (χ2v) is 12.6. The first-order valence-corrected chi connectivity index (χ1v) is 15.7. The van der Waals surface area contributed by atoms with Crippen LogP contribution in [0.5, 0.6) is 11.5 Å². The van der Waals surface area contributed by atoms with Crippen LogP contribution in [0.3, 0.4) is 0 Å². The fraction of sp³-hybridized carbons (Fsp3) is 0.278. The van der Waals surface area contributed by atoms with E-state index in [0.29, 0.717) is 22.0 Å². The molecule has 5 aromatic rings. The van der Waals surface area contributed by atoms with Gasteiger partial charge in [-0.1, -0.05) is 59.6 Å². The average Bonchev–Trinajstić information content (AvgIpc) is 3.42. The number of aromatic nitrogens is 2. The van der Waals surface area contributed by atoms with Crippen molar-refractivity contribution in [3.63, 3.8) is 0 Å². The predicted molar refractivity (Wildman–Crippen MR) is 180 cm³/mol. The number of fused-ring (bicyclic) bond motifs is 2. The molecule has 3 aromatic carbocycles. The zero-order chi connectivity index (χ0) is 30.3. The van der Waals surface area contributed by atoms with Crippen LogP contribution in [0.1, 0.15) is 29.5 Å². The van der Waals surface area contributed by atoms with Gasteiger partial charge in [0.25, 0.3) is 0 Å². The van der Waals surface area contributed by atoms with E-state index in [2.05, 4.69) is 46.6 Å². The van der Waals surface area contributed by atoms with Crippen LogP contribution in [0.2, 0.25) is 10.0 Å². The molecule has 0 saturated carbocycles. The molecule has 2 aromatic heterocycles. The smallest absolute Gasteiger partial charge is 0.138 e. The molecule has 3 heterocycles. The van der Waals surface area contributed by atoms with Crippen LogP contribution in [0, 0.1) is 5.41 Å². The number of ether oxygens (including phenoxy) is 2. The molecular weight excluding hydrogens is 591 g/mol. The van der Waals surface area contributed by atoms with Crippen molar-refractivity contribution in [3.8, 4) is 22.6 Å². The van der Waals surface area contributed by atoms with Crippen molar-refractivity contribution in [3.05, 3.63) is 106 Å². The number of halogens is 2. The number of hydrogen-bond acceptors (Lipinski definition) is 6. The van der Waals surface area contributed by atoms with Crippen LogP contribution in [0.15, 0.2) is 79.0 Å². The van der Waals surface area contributed by atoms with Crippen molar-refractivity contribution < 1.29 is 9.47 Å². The lowest BCUT2D eigenvalue weighted by atomic mass is 9.76. The topological polar surface area (TPSA) is 59.5 Å². The van der Waals surface area contributed by atoms with E-state index >= 15 is 0 Å². The summed E-state index contributed by atoms with van der Waals surface area (Å²) in [4.78, 5) is 12.5. The van der Waals surface area contributed by atoms with E-state index in [9.17, 15) is 0 Å². The average molecular weight is 626 g/mol. The Bertz CT molecular complexity index is 1830. The van der Waals surface area contributed by atoms with Crippen LogP contribution in [0.4, 0.5) is 11.6 Å². The monoisotopic (exact) mass is 624 g/mol. The van der Waals surface area contributed by atoms with Gasteiger partial charge in [-0.25, -0.2) is 4.98 Å². The third-order valence-electron chi connectivity index (χ3n) is 9.27. The molecule has 0 amide bonds. The Labute approximate surface area is 268 Å². The maximum atomic E-state index is 6.60. The molecule has 0 atom stereocenters. The number of anilines is 2. The molecule has 0 unspecified atom stereocenters. The lowest BCUT2D eigenvalue weighted by Crippen LogP contribution is -2.41. The molecule has 8 heteroatoms. The first-order valence-electron chi connectivity index (χ1n) is 15.0. The summed E-state index contributed by atoms with van der Waals surface area (Å²) in [6.07, 6.45) is 6.50. The summed E-state index contributed by atoms with van der Waals surface area (Å²) < 4.78 is 11.1. The van der Waals surface area contributed by atoms with E-state index in [1.54, 1.807) is 20.3 Å². The molecule has 0 radical (unpaired) electrons. The van der Waals surface area contributed by atoms with E-state index in [1.807, 2.05) is 36.5 Å². The number of hydrogen-bond donors (Lipinski definition) is 1. The van der Waals surface area contributed by atoms with Gasteiger partial charge >= 0.3 is 0 Å². The first-order chi connectivity index (χ1) is 21.4. The quantitative estimate of drug-likeness (QED) is 0.196. The Morgan fingerprint density at radius 2 is 1.66 bits per heavy atom. The van der Waals surface area contributed by atoms with E-state index < -0.39 is 0 Å². The lowest BCUT2D eigenvalue weighted by Gasteiger charge is -2.40. The number of methoxy groups -OCH3 is 2. The van der Waals surface area contributed by atoms with Crippen molar-refractivity contribution in [2.45, 2.75) is 32.2 Å². The highest BCUT2D eigenvalue weighted by molar-refractivity contribution is 6.43. The van der Waals surface area contributed by atoms with Gasteiger partial charge in [-0.15, -0.1) is 0 Å². The fourth-order valence-electron chi connectivity index (χ4n) is 6.79. The van der Waals surface area contributed by atoms with E-state index in [-0.39, 0.29) is 0 Å². The van der Waals surface area contributed by atoms with Crippen LogP contribution in [-0.2, 0) is 19.4 Å². The molecule has 6 nitrogen and oxygen atoms in total. The first kappa shape index (κ1) is 28.8. The molecule has 1 N–H and O–H groups in total. The van der Waals surface area contributed by atoms with E-state index in [1.165, 1.54) is 24.0 Å². The Morgan fingerprint density at radius 3 is 2.39 bits per heavy atom. The van der Waals surface area contributed by atoms with E-state index in [0.717, 1.165) is 76.7 Å². The summed E-state index contributed by atoms with van der Waals surface area (Å²) in [7, 11) is 3.32. The van der Waals surface area contributed by atoms with Gasteiger partial charge in [0.2, 0.25) is 0 Å². The standard InChI is InChI=1S/C36H34Cl2N4O2/c1-43-27-11-10-25(32(17-27)44-2)21-40-35-29-16-26(28-8-5-9-30(37)34(28)38)22-39-31(29)18-33(41-35)42-14-12-36(13-15-42)19-23-6-3-4-7-24(23)20-36/h3-11,16-18,22H,12-15,19-21H2,1-2H3,(H,40,41). The molecule has 1 saturated heterocycles. The second kappa shape index (κ2) is 11.8. The largest absolute Gasteiger partial charge is 0.497 e. The summed E-state index contributed by atoms with van der Waals surface area (Å²) in [6, 6.07) is 24.6. The Kier molecular flexibility index (Phi) is 7.73. The van der Waals surface area contributed by atoms with Gasteiger partial charge in [-0.3, -0.25) is 4.98 Å². The molecule has 7 rings (SSSR count). The van der Waals surface area contributed by atoms with Gasteiger partial charge in [-0.05, 0) is 66.5 Å². The fourth-order valence-corrected chi connectivity index (χ4v) is 7.20. The second-order valence-electron chi connectivity index (χ2n) is 11.9. The molecule has 1 fully saturated rings. The van der Waals surface area contributed by atoms with Crippen molar-refractivity contribution in [2.24, 2.45) is 5.41 Å². The zero-order valence-corrected chi connectivity index (χ0v) is 26.4. The Balaban J connectivity index is 1.22. The summed E-state index contributed by atoms with van der Waals surface area (Å²) >= 11 is 13.0. The number of benzene rings is 3. The highest BCUT2D eigenvalue weighted by atomic mass is 35.5. The Hall–Kier alpha value is -4.00. The minimum atomic E-state index is 0.354. The molecular formula is C36H34Cl2N4O2. The molecule has 1 aliphatic carbocycles. The number of pyridine rings is 2. The number of piperidine rings is 1. The highest BCUT2D eigenvalue weighted by Crippen LogP contribution is 2.45. The minimum absolute atomic E-state index is 0.354. The molecule has 0 bridgehead atoms. The third kappa shape index (κ3) is 5.42. The van der Waals surface area contributed by atoms with Crippen LogP contribution < -0.4 is 19.7 Å². The van der Waals surface area contributed by atoms with Crippen molar-refractivity contribution in [1.29, 1.82) is 0 Å². The summed E-state index contributed by atoms with van der Waals surface area (Å²) in [5.74, 6) is 3.20. The Morgan fingerprint density at radius 1 is 0.886 bits per heavy atom. The van der Waals surface area contributed by atoms with Gasteiger partial charge < -0.3 is 19.7 Å². The van der Waals surface area contributed by atoms with Crippen LogP contribution in [0.25, 0.3) is 22.0 Å². The highest BCUT2D eigenvalue weighted by Gasteiger charge is 2.40. The number of nitrogens with zero attached hydrogens (tertiary/aromatic N) is 3. The predicted octanol–water partition coefficient (Wildman–Crippen LogP) is 8.62. The minimum Gasteiger partial charge on any atom is -0.497 e. The van der Waals surface area contributed by atoms with Crippen molar-refractivity contribution in [2.75, 3.05) is 37.5 Å². The van der Waals surface area contributed by atoms with Gasteiger partial charge in [0.15, 0.2) is 0 Å². The van der Waals surface area contributed by atoms with Crippen molar-refractivity contribution >= 4 is 45.7 Å². The van der Waals surface area contributed by atoms with Gasteiger partial charge in [0.1, 0.15) is 23.1 Å². The van der Waals surface area contributed by atoms with Gasteiger partial charge in [0.05, 0.1) is 29.8 Å². The summed E-state index contributed by atoms with van der Waals surface area (Å²) in [5.41, 5.74) is 6.97. The zero-order valence-electron chi connectivity index (χ0n) is 24.9.